The monoisotopic (exact) mass is 262 g/mol. The molecule has 0 aliphatic carbocycles. The fourth-order valence-corrected chi connectivity index (χ4v) is 0.964. The minimum Gasteiger partial charge on any atom is -0.481 e. The molecule has 9 nitrogen and oxygen atoms in total. The van der Waals surface area contributed by atoms with Crippen LogP contribution in [0.15, 0.2) is 0 Å². The molecule has 0 saturated carbocycles. The van der Waals surface area contributed by atoms with E-state index in [1.807, 2.05) is 0 Å². The smallest absolute Gasteiger partial charge is 0.481 e. The van der Waals surface area contributed by atoms with Crippen molar-refractivity contribution in [3.63, 3.8) is 0 Å². The molecule has 0 heterocycles. The van der Waals surface area contributed by atoms with Gasteiger partial charge in [-0.05, 0) is 0 Å². The van der Waals surface area contributed by atoms with Crippen molar-refractivity contribution in [3.8, 4) is 0 Å². The van der Waals surface area contributed by atoms with Crippen LogP contribution in [0.25, 0.3) is 0 Å². The van der Waals surface area contributed by atoms with Crippen LogP contribution in [0.4, 0.5) is 4.79 Å². The van der Waals surface area contributed by atoms with Gasteiger partial charge in [0.2, 0.25) is 0 Å². The number of esters is 2. The molecule has 0 saturated heterocycles. The van der Waals surface area contributed by atoms with E-state index in [2.05, 4.69) is 9.47 Å². The number of carboxylic acid groups (broad SMARTS) is 2. The lowest BCUT2D eigenvalue weighted by Crippen LogP contribution is -2.26. The van der Waals surface area contributed by atoms with Gasteiger partial charge in [-0.2, -0.15) is 0 Å². The molecule has 0 aromatic carbocycles. The van der Waals surface area contributed by atoms with Crippen molar-refractivity contribution >= 4 is 30.0 Å². The number of hydrogen-bond acceptors (Lipinski definition) is 7. The molecule has 0 fully saturated rings. The molecule has 0 aliphatic heterocycles. The Labute approximate surface area is 100 Å². The fourth-order valence-electron chi connectivity index (χ4n) is 0.964. The van der Waals surface area contributed by atoms with E-state index < -0.39 is 48.8 Å². The summed E-state index contributed by atoms with van der Waals surface area (Å²) in [5.41, 5.74) is 0. The molecule has 0 rings (SSSR count). The van der Waals surface area contributed by atoms with Crippen LogP contribution in [-0.2, 0) is 28.7 Å². The number of hydrogen-bond donors (Lipinski definition) is 2. The first-order valence-electron chi connectivity index (χ1n) is 4.60. The summed E-state index contributed by atoms with van der Waals surface area (Å²) in [4.78, 5) is 53.1. The van der Waals surface area contributed by atoms with E-state index in [-0.39, 0.29) is 0 Å². The van der Waals surface area contributed by atoms with Crippen LogP contribution in [0.3, 0.4) is 0 Å². The number of carbonyl (C=O) groups is 5. The van der Waals surface area contributed by atoms with Gasteiger partial charge in [-0.15, -0.1) is 0 Å². The van der Waals surface area contributed by atoms with E-state index in [4.69, 9.17) is 10.2 Å². The van der Waals surface area contributed by atoms with Crippen LogP contribution >= 0.6 is 0 Å². The van der Waals surface area contributed by atoms with Gasteiger partial charge >= 0.3 is 30.0 Å². The first kappa shape index (κ1) is 15.6. The molecule has 0 atom stereocenters. The van der Waals surface area contributed by atoms with Gasteiger partial charge in [0.15, 0.2) is 0 Å². The SMILES string of the molecule is CC(=O)OC(=O)OC(=O)C(CC(=O)O)CC(=O)O. The van der Waals surface area contributed by atoms with Gasteiger partial charge < -0.3 is 19.7 Å². The molecule has 0 aromatic rings. The highest BCUT2D eigenvalue weighted by atomic mass is 16.8. The second-order valence-corrected chi connectivity index (χ2v) is 3.16. The normalized spacial score (nSPS) is 9.67. The molecule has 0 spiro atoms. The highest BCUT2D eigenvalue weighted by Crippen LogP contribution is 2.12. The van der Waals surface area contributed by atoms with Crippen molar-refractivity contribution in [3.05, 3.63) is 0 Å². The van der Waals surface area contributed by atoms with E-state index in [0.717, 1.165) is 6.92 Å². The van der Waals surface area contributed by atoms with Gasteiger partial charge in [0.25, 0.3) is 0 Å². The second-order valence-electron chi connectivity index (χ2n) is 3.16. The Kier molecular flexibility index (Phi) is 6.04. The number of rotatable bonds is 5. The van der Waals surface area contributed by atoms with Gasteiger partial charge in [-0.3, -0.25) is 19.2 Å². The maximum atomic E-state index is 11.2. The molecule has 0 radical (unpaired) electrons. The Bertz CT molecular complexity index is 367. The molecule has 0 amide bonds. The summed E-state index contributed by atoms with van der Waals surface area (Å²) in [6.45, 7) is 0.887. The molecule has 100 valence electrons. The quantitative estimate of drug-likeness (QED) is 0.507. The highest BCUT2D eigenvalue weighted by molar-refractivity contribution is 5.91. The van der Waals surface area contributed by atoms with Crippen molar-refractivity contribution < 1.29 is 43.7 Å². The zero-order valence-electron chi connectivity index (χ0n) is 9.24. The highest BCUT2D eigenvalue weighted by Gasteiger charge is 2.28. The van der Waals surface area contributed by atoms with Crippen LogP contribution < -0.4 is 0 Å². The predicted octanol–water partition coefficient (Wildman–Crippen LogP) is -0.222. The number of carbonyl (C=O) groups excluding carboxylic acids is 3. The van der Waals surface area contributed by atoms with Crippen LogP contribution in [0, 0.1) is 5.92 Å². The summed E-state index contributed by atoms with van der Waals surface area (Å²) in [6, 6.07) is 0. The fraction of sp³-hybridized carbons (Fsp3) is 0.444. The lowest BCUT2D eigenvalue weighted by Gasteiger charge is -2.09. The summed E-state index contributed by atoms with van der Waals surface area (Å²) >= 11 is 0. The topological polar surface area (TPSA) is 144 Å². The van der Waals surface area contributed by atoms with Crippen molar-refractivity contribution in [2.75, 3.05) is 0 Å². The van der Waals surface area contributed by atoms with Crippen molar-refractivity contribution in [2.45, 2.75) is 19.8 Å². The van der Waals surface area contributed by atoms with Gasteiger partial charge in [-0.25, -0.2) is 4.79 Å². The first-order chi connectivity index (χ1) is 8.22. The van der Waals surface area contributed by atoms with Crippen molar-refractivity contribution in [1.82, 2.24) is 0 Å². The minimum atomic E-state index is -1.63. The Morgan fingerprint density at radius 3 is 1.72 bits per heavy atom. The third kappa shape index (κ3) is 6.93. The number of ether oxygens (including phenoxy) is 2. The van der Waals surface area contributed by atoms with E-state index in [0.29, 0.717) is 0 Å². The average Bonchev–Trinajstić information content (AvgIpc) is 2.13. The van der Waals surface area contributed by atoms with Crippen LogP contribution in [0.5, 0.6) is 0 Å². The predicted molar refractivity (Wildman–Crippen MR) is 51.2 cm³/mol. The van der Waals surface area contributed by atoms with E-state index in [1.54, 1.807) is 0 Å². The van der Waals surface area contributed by atoms with E-state index in [9.17, 15) is 24.0 Å². The van der Waals surface area contributed by atoms with Gasteiger partial charge in [0.05, 0.1) is 18.8 Å². The van der Waals surface area contributed by atoms with Crippen LogP contribution in [-0.4, -0.2) is 40.2 Å². The summed E-state index contributed by atoms with van der Waals surface area (Å²) in [5.74, 6) is -6.82. The summed E-state index contributed by atoms with van der Waals surface area (Å²) in [6.07, 6.45) is -3.27. The largest absolute Gasteiger partial charge is 0.524 e. The van der Waals surface area contributed by atoms with Crippen LogP contribution in [0.2, 0.25) is 0 Å². The second kappa shape index (κ2) is 6.99. The molecular formula is C9H10O9. The summed E-state index contributed by atoms with van der Waals surface area (Å²) < 4.78 is 7.84. The van der Waals surface area contributed by atoms with Crippen LogP contribution in [0.1, 0.15) is 19.8 Å². The van der Waals surface area contributed by atoms with Crippen molar-refractivity contribution in [1.29, 1.82) is 0 Å². The van der Waals surface area contributed by atoms with E-state index >= 15 is 0 Å². The average molecular weight is 262 g/mol. The number of aliphatic carboxylic acids is 2. The summed E-state index contributed by atoms with van der Waals surface area (Å²) in [5, 5.41) is 16.9. The molecule has 0 aromatic heterocycles. The molecule has 2 N–H and O–H groups in total. The third-order valence-corrected chi connectivity index (χ3v) is 1.59. The molecule has 0 bridgehead atoms. The Morgan fingerprint density at radius 1 is 0.944 bits per heavy atom. The maximum Gasteiger partial charge on any atom is 0.524 e. The number of carboxylic acids is 2. The van der Waals surface area contributed by atoms with Gasteiger partial charge in [0.1, 0.15) is 0 Å². The molecule has 0 unspecified atom stereocenters. The summed E-state index contributed by atoms with van der Waals surface area (Å²) in [7, 11) is 0. The van der Waals surface area contributed by atoms with Crippen molar-refractivity contribution in [2.24, 2.45) is 5.92 Å². The molecule has 18 heavy (non-hydrogen) atoms. The third-order valence-electron chi connectivity index (χ3n) is 1.59. The standard InChI is InChI=1S/C9H10O9/c1-4(10)17-9(16)18-8(15)5(2-6(11)12)3-7(13)14/h5H,2-3H2,1H3,(H,11,12)(H,13,14). The lowest BCUT2D eigenvalue weighted by atomic mass is 10.0. The molecule has 9 heteroatoms. The molecule has 0 aliphatic rings. The Hall–Kier alpha value is -2.45. The van der Waals surface area contributed by atoms with Gasteiger partial charge in [0, 0.05) is 6.92 Å². The minimum absolute atomic E-state index is 0.821. The van der Waals surface area contributed by atoms with E-state index in [1.165, 1.54) is 0 Å². The molecular weight excluding hydrogens is 252 g/mol. The zero-order valence-corrected chi connectivity index (χ0v) is 9.24. The Balaban J connectivity index is 4.54. The first-order valence-corrected chi connectivity index (χ1v) is 4.60. The lowest BCUT2D eigenvalue weighted by molar-refractivity contribution is -0.155. The maximum absolute atomic E-state index is 11.2. The Morgan fingerprint density at radius 2 is 1.39 bits per heavy atom. The van der Waals surface area contributed by atoms with Gasteiger partial charge in [-0.1, -0.05) is 0 Å². The zero-order chi connectivity index (χ0) is 14.3.